The Balaban J connectivity index is 1.72. The zero-order valence-corrected chi connectivity index (χ0v) is 15.2. The van der Waals surface area contributed by atoms with E-state index in [1.807, 2.05) is 68.4 Å². The van der Waals surface area contributed by atoms with Gasteiger partial charge < -0.3 is 10.6 Å². The average Bonchev–Trinajstić information content (AvgIpc) is 2.67. The summed E-state index contributed by atoms with van der Waals surface area (Å²) in [4.78, 5) is 12.4. The van der Waals surface area contributed by atoms with Gasteiger partial charge in [-0.25, -0.2) is 4.79 Å². The highest BCUT2D eigenvalue weighted by atomic mass is 16.2. The summed E-state index contributed by atoms with van der Waals surface area (Å²) in [5.74, 6) is 0.113. The van der Waals surface area contributed by atoms with Crippen molar-refractivity contribution in [2.45, 2.75) is 19.8 Å². The zero-order chi connectivity index (χ0) is 18.4. The van der Waals surface area contributed by atoms with Crippen LogP contribution in [-0.2, 0) is 0 Å². The van der Waals surface area contributed by atoms with Crippen molar-refractivity contribution in [3.63, 3.8) is 0 Å². The van der Waals surface area contributed by atoms with Crippen molar-refractivity contribution >= 4 is 11.7 Å². The number of aryl methyl sites for hydroxylation is 2. The topological polar surface area (TPSA) is 41.1 Å². The van der Waals surface area contributed by atoms with Crippen LogP contribution in [0.25, 0.3) is 0 Å². The molecule has 2 amide bonds. The van der Waals surface area contributed by atoms with E-state index in [0.29, 0.717) is 6.54 Å². The van der Waals surface area contributed by atoms with Crippen LogP contribution in [0.2, 0.25) is 0 Å². The molecule has 26 heavy (non-hydrogen) atoms. The van der Waals surface area contributed by atoms with Crippen molar-refractivity contribution in [3.05, 3.63) is 101 Å². The number of benzene rings is 3. The summed E-state index contributed by atoms with van der Waals surface area (Å²) in [6, 6.07) is 26.4. The van der Waals surface area contributed by atoms with Gasteiger partial charge in [-0.05, 0) is 42.2 Å². The van der Waals surface area contributed by atoms with E-state index in [0.717, 1.165) is 16.8 Å². The van der Waals surface area contributed by atoms with E-state index in [4.69, 9.17) is 0 Å². The molecular formula is C23H24N2O. The number of urea groups is 1. The molecule has 0 spiro atoms. The molecule has 0 aliphatic rings. The molecule has 2 N–H and O–H groups in total. The van der Waals surface area contributed by atoms with Crippen LogP contribution in [0.1, 0.15) is 28.2 Å². The van der Waals surface area contributed by atoms with Crippen LogP contribution in [0.5, 0.6) is 0 Å². The number of hydrogen-bond acceptors (Lipinski definition) is 1. The number of hydrogen-bond donors (Lipinski definition) is 2. The fourth-order valence-corrected chi connectivity index (χ4v) is 3.03. The molecule has 132 valence electrons. The predicted octanol–water partition coefficient (Wildman–Crippen LogP) is 5.26. The number of amides is 2. The maximum absolute atomic E-state index is 12.4. The second kappa shape index (κ2) is 8.34. The molecule has 3 aromatic rings. The van der Waals surface area contributed by atoms with Crippen LogP contribution in [0.15, 0.2) is 78.9 Å². The maximum atomic E-state index is 12.4. The molecule has 0 fully saturated rings. The Kier molecular flexibility index (Phi) is 5.69. The molecule has 0 bridgehead atoms. The Hall–Kier alpha value is -3.07. The lowest BCUT2D eigenvalue weighted by Crippen LogP contribution is -2.33. The van der Waals surface area contributed by atoms with Gasteiger partial charge in [-0.3, -0.25) is 0 Å². The van der Waals surface area contributed by atoms with Crippen molar-refractivity contribution < 1.29 is 4.79 Å². The van der Waals surface area contributed by atoms with Crippen LogP contribution in [0.4, 0.5) is 10.5 Å². The number of anilines is 1. The number of rotatable bonds is 5. The number of nitrogens with one attached hydrogen (secondary N) is 2. The van der Waals surface area contributed by atoms with Gasteiger partial charge in [-0.1, -0.05) is 72.8 Å². The van der Waals surface area contributed by atoms with E-state index in [-0.39, 0.29) is 11.9 Å². The lowest BCUT2D eigenvalue weighted by molar-refractivity contribution is 0.252. The van der Waals surface area contributed by atoms with Gasteiger partial charge >= 0.3 is 6.03 Å². The molecule has 3 heteroatoms. The largest absolute Gasteiger partial charge is 0.337 e. The summed E-state index contributed by atoms with van der Waals surface area (Å²) in [6.07, 6.45) is 0. The first-order chi connectivity index (χ1) is 12.6. The first-order valence-electron chi connectivity index (χ1n) is 8.85. The Morgan fingerprint density at radius 1 is 0.846 bits per heavy atom. The lowest BCUT2D eigenvalue weighted by atomic mass is 9.91. The van der Waals surface area contributed by atoms with Gasteiger partial charge in [-0.15, -0.1) is 0 Å². The van der Waals surface area contributed by atoms with Gasteiger partial charge in [0.2, 0.25) is 0 Å². The molecule has 0 aromatic heterocycles. The summed E-state index contributed by atoms with van der Waals surface area (Å²) in [5.41, 5.74) is 5.39. The molecular weight excluding hydrogens is 320 g/mol. The molecule has 0 radical (unpaired) electrons. The van der Waals surface area contributed by atoms with E-state index in [1.165, 1.54) is 11.1 Å². The Morgan fingerprint density at radius 2 is 1.42 bits per heavy atom. The van der Waals surface area contributed by atoms with Gasteiger partial charge in [0, 0.05) is 18.2 Å². The molecule has 3 aromatic carbocycles. The third-order valence-corrected chi connectivity index (χ3v) is 4.51. The minimum Gasteiger partial charge on any atom is -0.337 e. The maximum Gasteiger partial charge on any atom is 0.319 e. The molecule has 0 aliphatic heterocycles. The van der Waals surface area contributed by atoms with E-state index in [2.05, 4.69) is 34.9 Å². The van der Waals surface area contributed by atoms with Crippen molar-refractivity contribution in [2.75, 3.05) is 11.9 Å². The normalized spacial score (nSPS) is 10.6. The third-order valence-electron chi connectivity index (χ3n) is 4.51. The number of carbonyl (C=O) groups is 1. The highest BCUT2D eigenvalue weighted by molar-refractivity contribution is 5.90. The summed E-state index contributed by atoms with van der Waals surface area (Å²) in [5, 5.41) is 5.98. The average molecular weight is 344 g/mol. The first-order valence-corrected chi connectivity index (χ1v) is 8.85. The van der Waals surface area contributed by atoms with Gasteiger partial charge in [-0.2, -0.15) is 0 Å². The van der Waals surface area contributed by atoms with Crippen molar-refractivity contribution in [1.29, 1.82) is 0 Å². The Morgan fingerprint density at radius 3 is 2.00 bits per heavy atom. The highest BCUT2D eigenvalue weighted by Gasteiger charge is 2.15. The fraction of sp³-hybridized carbons (Fsp3) is 0.174. The summed E-state index contributed by atoms with van der Waals surface area (Å²) in [6.45, 7) is 4.54. The van der Waals surface area contributed by atoms with Crippen LogP contribution in [-0.4, -0.2) is 12.6 Å². The summed E-state index contributed by atoms with van der Waals surface area (Å²) < 4.78 is 0. The monoisotopic (exact) mass is 344 g/mol. The molecule has 0 aliphatic carbocycles. The zero-order valence-electron chi connectivity index (χ0n) is 15.2. The molecule has 3 rings (SSSR count). The quantitative estimate of drug-likeness (QED) is 0.651. The van der Waals surface area contributed by atoms with E-state index >= 15 is 0 Å². The van der Waals surface area contributed by atoms with Crippen molar-refractivity contribution in [3.8, 4) is 0 Å². The lowest BCUT2D eigenvalue weighted by Gasteiger charge is -2.19. The molecule has 3 nitrogen and oxygen atoms in total. The summed E-state index contributed by atoms with van der Waals surface area (Å²) in [7, 11) is 0. The second-order valence-electron chi connectivity index (χ2n) is 6.53. The smallest absolute Gasteiger partial charge is 0.319 e. The number of carbonyl (C=O) groups excluding carboxylic acids is 1. The minimum atomic E-state index is -0.185. The standard InChI is InChI=1S/C23H24N2O/c1-17-13-14-18(2)22(15-17)25-23(26)24-16-21(19-9-5-3-6-10-19)20-11-7-4-8-12-20/h3-15,21H,16H2,1-2H3,(H2,24,25,26). The van der Waals surface area contributed by atoms with E-state index in [9.17, 15) is 4.79 Å². The fourth-order valence-electron chi connectivity index (χ4n) is 3.03. The molecule has 0 unspecified atom stereocenters. The molecule has 0 heterocycles. The van der Waals surface area contributed by atoms with Crippen LogP contribution in [0, 0.1) is 13.8 Å². The molecule has 0 atom stereocenters. The van der Waals surface area contributed by atoms with Crippen LogP contribution >= 0.6 is 0 Å². The predicted molar refractivity (Wildman–Crippen MR) is 108 cm³/mol. The van der Waals surface area contributed by atoms with Crippen molar-refractivity contribution in [2.24, 2.45) is 0 Å². The van der Waals surface area contributed by atoms with Crippen molar-refractivity contribution in [1.82, 2.24) is 5.32 Å². The highest BCUT2D eigenvalue weighted by Crippen LogP contribution is 2.24. The second-order valence-corrected chi connectivity index (χ2v) is 6.53. The van der Waals surface area contributed by atoms with Gasteiger partial charge in [0.1, 0.15) is 0 Å². The Bertz CT molecular complexity index is 820. The third kappa shape index (κ3) is 4.51. The van der Waals surface area contributed by atoms with Gasteiger partial charge in [0.25, 0.3) is 0 Å². The van der Waals surface area contributed by atoms with Gasteiger partial charge in [0.15, 0.2) is 0 Å². The van der Waals surface area contributed by atoms with Crippen LogP contribution in [0.3, 0.4) is 0 Å². The van der Waals surface area contributed by atoms with Crippen LogP contribution < -0.4 is 10.6 Å². The van der Waals surface area contributed by atoms with Gasteiger partial charge in [0.05, 0.1) is 0 Å². The van der Waals surface area contributed by atoms with E-state index < -0.39 is 0 Å². The van der Waals surface area contributed by atoms with E-state index in [1.54, 1.807) is 0 Å². The molecule has 0 saturated heterocycles. The minimum absolute atomic E-state index is 0.113. The SMILES string of the molecule is Cc1ccc(C)c(NC(=O)NCC(c2ccccc2)c2ccccc2)c1. The first kappa shape index (κ1) is 17.7. The summed E-state index contributed by atoms with van der Waals surface area (Å²) >= 11 is 0. The molecule has 0 saturated carbocycles. The Labute approximate surface area is 155 Å².